The molecule has 34 heavy (non-hydrogen) atoms. The number of thioether (sulfide) groups is 1. The van der Waals surface area contributed by atoms with E-state index >= 15 is 0 Å². The quantitative estimate of drug-likeness (QED) is 0.268. The molecule has 3 aromatic heterocycles. The summed E-state index contributed by atoms with van der Waals surface area (Å²) in [6.45, 7) is 0. The van der Waals surface area contributed by atoms with E-state index < -0.39 is 0 Å². The number of nitrogens with zero attached hydrogens (tertiary/aromatic N) is 5. The van der Waals surface area contributed by atoms with Gasteiger partial charge in [-0.1, -0.05) is 42.2 Å². The van der Waals surface area contributed by atoms with Crippen LogP contribution in [0.3, 0.4) is 0 Å². The Morgan fingerprint density at radius 2 is 2.00 bits per heavy atom. The highest BCUT2D eigenvalue weighted by Gasteiger charge is 2.24. The highest BCUT2D eigenvalue weighted by Crippen LogP contribution is 2.35. The lowest BCUT2D eigenvalue weighted by Crippen LogP contribution is -2.16. The number of benzene rings is 1. The number of rotatable bonds is 9. The summed E-state index contributed by atoms with van der Waals surface area (Å²) in [5, 5.41) is 16.3. The van der Waals surface area contributed by atoms with Crippen molar-refractivity contribution in [2.75, 3.05) is 14.2 Å². The van der Waals surface area contributed by atoms with Crippen molar-refractivity contribution in [1.29, 1.82) is 0 Å². The fraction of sp³-hybridized carbons (Fsp3) is 0.417. The molecule has 178 valence electrons. The van der Waals surface area contributed by atoms with Crippen molar-refractivity contribution in [1.82, 2.24) is 24.9 Å². The van der Waals surface area contributed by atoms with E-state index in [9.17, 15) is 0 Å². The van der Waals surface area contributed by atoms with E-state index in [-0.39, 0.29) is 0 Å². The Bertz CT molecular complexity index is 1220. The van der Waals surface area contributed by atoms with Crippen LogP contribution in [-0.2, 0) is 12.2 Å². The molecule has 0 radical (unpaired) electrons. The number of hydrogen-bond donors (Lipinski definition) is 0. The highest BCUT2D eigenvalue weighted by molar-refractivity contribution is 7.98. The van der Waals surface area contributed by atoms with Crippen LogP contribution in [0.25, 0.3) is 11.4 Å². The summed E-state index contributed by atoms with van der Waals surface area (Å²) in [6.07, 6.45) is 6.96. The minimum Gasteiger partial charge on any atom is -0.497 e. The van der Waals surface area contributed by atoms with Gasteiger partial charge in [-0.2, -0.15) is 4.98 Å². The number of ether oxygens (including phenoxy) is 2. The van der Waals surface area contributed by atoms with Gasteiger partial charge in [0.15, 0.2) is 5.16 Å². The number of aromatic nitrogens is 5. The van der Waals surface area contributed by atoms with Crippen LogP contribution in [0.1, 0.15) is 54.7 Å². The SMILES string of the molecule is COc1ccc(-c2noc(CSc3nnc(Cc4cccs4)n3C3CCCCC3)n2)c(OC)c1. The molecule has 0 amide bonds. The van der Waals surface area contributed by atoms with Crippen molar-refractivity contribution in [3.63, 3.8) is 0 Å². The first kappa shape index (κ1) is 22.9. The second-order valence-electron chi connectivity index (χ2n) is 8.18. The summed E-state index contributed by atoms with van der Waals surface area (Å²) in [7, 11) is 3.23. The van der Waals surface area contributed by atoms with Crippen LogP contribution in [0, 0.1) is 0 Å². The zero-order chi connectivity index (χ0) is 23.3. The molecule has 5 rings (SSSR count). The van der Waals surface area contributed by atoms with Gasteiger partial charge in [-0.3, -0.25) is 0 Å². The molecule has 1 fully saturated rings. The van der Waals surface area contributed by atoms with Gasteiger partial charge in [0.1, 0.15) is 17.3 Å². The molecule has 8 nitrogen and oxygen atoms in total. The van der Waals surface area contributed by atoms with Crippen molar-refractivity contribution < 1.29 is 14.0 Å². The number of methoxy groups -OCH3 is 2. The fourth-order valence-electron chi connectivity index (χ4n) is 4.33. The molecule has 1 aliphatic rings. The maximum atomic E-state index is 5.55. The van der Waals surface area contributed by atoms with Crippen LogP contribution in [0.15, 0.2) is 45.4 Å². The Morgan fingerprint density at radius 1 is 1.12 bits per heavy atom. The highest BCUT2D eigenvalue weighted by atomic mass is 32.2. The molecule has 3 heterocycles. The Hall–Kier alpha value is -2.85. The smallest absolute Gasteiger partial charge is 0.237 e. The van der Waals surface area contributed by atoms with Crippen LogP contribution in [0.4, 0.5) is 0 Å². The molecule has 0 bridgehead atoms. The van der Waals surface area contributed by atoms with E-state index in [1.165, 1.54) is 37.0 Å². The topological polar surface area (TPSA) is 88.1 Å². The molecule has 1 aromatic carbocycles. The van der Waals surface area contributed by atoms with E-state index in [0.717, 1.165) is 23.0 Å². The van der Waals surface area contributed by atoms with E-state index in [4.69, 9.17) is 14.0 Å². The normalized spacial score (nSPS) is 14.4. The molecule has 0 spiro atoms. The first-order valence-electron chi connectivity index (χ1n) is 11.4. The van der Waals surface area contributed by atoms with Gasteiger partial charge in [0.2, 0.25) is 11.7 Å². The summed E-state index contributed by atoms with van der Waals surface area (Å²) in [4.78, 5) is 5.90. The Kier molecular flexibility index (Phi) is 7.15. The van der Waals surface area contributed by atoms with Crippen molar-refractivity contribution in [3.8, 4) is 22.9 Å². The second-order valence-corrected chi connectivity index (χ2v) is 10.2. The first-order chi connectivity index (χ1) is 16.7. The van der Waals surface area contributed by atoms with E-state index in [0.29, 0.717) is 35.0 Å². The molecule has 4 aromatic rings. The molecular weight excluding hydrogens is 470 g/mol. The summed E-state index contributed by atoms with van der Waals surface area (Å²) >= 11 is 3.36. The van der Waals surface area contributed by atoms with Gasteiger partial charge in [-0.15, -0.1) is 21.5 Å². The van der Waals surface area contributed by atoms with Crippen molar-refractivity contribution >= 4 is 23.1 Å². The minimum atomic E-state index is 0.447. The minimum absolute atomic E-state index is 0.447. The summed E-state index contributed by atoms with van der Waals surface area (Å²) < 4.78 is 18.7. The van der Waals surface area contributed by atoms with E-state index in [1.807, 2.05) is 18.2 Å². The molecule has 1 aliphatic carbocycles. The predicted octanol–water partition coefficient (Wildman–Crippen LogP) is 5.80. The van der Waals surface area contributed by atoms with Gasteiger partial charge in [0, 0.05) is 23.4 Å². The third-order valence-electron chi connectivity index (χ3n) is 6.03. The van der Waals surface area contributed by atoms with Crippen molar-refractivity contribution in [2.24, 2.45) is 0 Å². The lowest BCUT2D eigenvalue weighted by molar-refractivity contribution is 0.330. The molecule has 0 unspecified atom stereocenters. The molecule has 0 aliphatic heterocycles. The van der Waals surface area contributed by atoms with Crippen LogP contribution < -0.4 is 9.47 Å². The average Bonchev–Trinajstić information content (AvgIpc) is 3.65. The van der Waals surface area contributed by atoms with Gasteiger partial charge in [0.25, 0.3) is 0 Å². The van der Waals surface area contributed by atoms with Gasteiger partial charge in [0.05, 0.1) is 25.5 Å². The zero-order valence-corrected chi connectivity index (χ0v) is 20.9. The van der Waals surface area contributed by atoms with Crippen LogP contribution >= 0.6 is 23.1 Å². The van der Waals surface area contributed by atoms with Crippen LogP contribution in [0.2, 0.25) is 0 Å². The van der Waals surface area contributed by atoms with Crippen LogP contribution in [-0.4, -0.2) is 39.1 Å². The largest absolute Gasteiger partial charge is 0.497 e. The van der Waals surface area contributed by atoms with Crippen LogP contribution in [0.5, 0.6) is 11.5 Å². The molecule has 10 heteroatoms. The Labute approximate surface area is 206 Å². The van der Waals surface area contributed by atoms with E-state index in [2.05, 4.69) is 42.4 Å². The summed E-state index contributed by atoms with van der Waals surface area (Å²) in [5.41, 5.74) is 0.756. The summed E-state index contributed by atoms with van der Waals surface area (Å²) in [5.74, 6) is 3.93. The zero-order valence-electron chi connectivity index (χ0n) is 19.3. The Morgan fingerprint density at radius 3 is 2.76 bits per heavy atom. The molecular formula is C24H27N5O3S2. The first-order valence-corrected chi connectivity index (χ1v) is 13.3. The van der Waals surface area contributed by atoms with Gasteiger partial charge in [-0.05, 0) is 36.4 Å². The lowest BCUT2D eigenvalue weighted by Gasteiger charge is -2.25. The predicted molar refractivity (Wildman–Crippen MR) is 132 cm³/mol. The van der Waals surface area contributed by atoms with E-state index in [1.54, 1.807) is 37.3 Å². The molecule has 0 N–H and O–H groups in total. The monoisotopic (exact) mass is 497 g/mol. The maximum absolute atomic E-state index is 5.55. The van der Waals surface area contributed by atoms with Gasteiger partial charge >= 0.3 is 0 Å². The molecule has 1 saturated carbocycles. The van der Waals surface area contributed by atoms with Crippen molar-refractivity contribution in [3.05, 3.63) is 52.3 Å². The maximum Gasteiger partial charge on any atom is 0.237 e. The number of hydrogen-bond acceptors (Lipinski definition) is 9. The third-order valence-corrected chi connectivity index (χ3v) is 7.83. The molecule has 0 saturated heterocycles. The summed E-state index contributed by atoms with van der Waals surface area (Å²) in [6, 6.07) is 10.2. The standard InChI is InChI=1S/C24H27N5O3S2/c1-30-17-10-11-19(20(13-17)31-2)23-25-22(32-28-23)15-34-24-27-26-21(14-18-9-6-12-33-18)29(24)16-7-4-3-5-8-16/h6,9-13,16H,3-5,7-8,14-15H2,1-2H3. The van der Waals surface area contributed by atoms with Crippen molar-refractivity contribution in [2.45, 2.75) is 55.5 Å². The van der Waals surface area contributed by atoms with Gasteiger partial charge < -0.3 is 18.6 Å². The number of thiophene rings is 1. The second kappa shape index (κ2) is 10.6. The molecule has 0 atom stereocenters. The average molecular weight is 498 g/mol. The lowest BCUT2D eigenvalue weighted by atomic mass is 9.95. The Balaban J connectivity index is 1.34. The van der Waals surface area contributed by atoms with Gasteiger partial charge in [-0.25, -0.2) is 0 Å². The third kappa shape index (κ3) is 4.97. The fourth-order valence-corrected chi connectivity index (χ4v) is 5.90.